The number of nitrogens with zero attached hydrogens (tertiary/aromatic N) is 1. The molecule has 0 amide bonds. The van der Waals surface area contributed by atoms with Gasteiger partial charge in [-0.15, -0.1) is 0 Å². The van der Waals surface area contributed by atoms with Gasteiger partial charge in [-0.1, -0.05) is 35.3 Å². The third-order valence-electron chi connectivity index (χ3n) is 2.39. The van der Waals surface area contributed by atoms with Crippen LogP contribution in [0.2, 0.25) is 10.0 Å². The van der Waals surface area contributed by atoms with E-state index in [0.29, 0.717) is 32.8 Å². The number of anilines is 1. The first-order valence-electron chi connectivity index (χ1n) is 5.22. The summed E-state index contributed by atoms with van der Waals surface area (Å²) in [6.07, 6.45) is 0. The molecule has 0 atom stereocenters. The summed E-state index contributed by atoms with van der Waals surface area (Å²) in [4.78, 5) is 4.26. The highest BCUT2D eigenvalue weighted by molar-refractivity contribution is 6.42. The number of aliphatic imine (C=N–C) groups is 1. The van der Waals surface area contributed by atoms with Crippen molar-refractivity contribution in [3.63, 3.8) is 0 Å². The second-order valence-electron chi connectivity index (χ2n) is 3.68. The maximum Gasteiger partial charge on any atom is 0.133 e. The van der Waals surface area contributed by atoms with E-state index in [0.717, 1.165) is 0 Å². The Morgan fingerprint density at radius 2 is 1.72 bits per heavy atom. The van der Waals surface area contributed by atoms with Crippen LogP contribution in [0, 0.1) is 0 Å². The molecule has 0 spiro atoms. The summed E-state index contributed by atoms with van der Waals surface area (Å²) in [5.74, 6) is 0.339. The van der Waals surface area contributed by atoms with Crippen LogP contribution >= 0.6 is 23.2 Å². The van der Waals surface area contributed by atoms with Crippen molar-refractivity contribution in [1.29, 1.82) is 0 Å². The second kappa shape index (κ2) is 5.29. The zero-order valence-corrected chi connectivity index (χ0v) is 10.9. The first kappa shape index (κ1) is 12.7. The van der Waals surface area contributed by atoms with Gasteiger partial charge in [0.25, 0.3) is 0 Å². The van der Waals surface area contributed by atoms with Gasteiger partial charge in [0, 0.05) is 11.3 Å². The standard InChI is InChI=1S/C13H11Cl2N3/c14-10-6-5-8(7-11(10)15)18-13(17)9-3-1-2-4-12(9)16/h1-7H,16H2,(H2,17,18). The van der Waals surface area contributed by atoms with Gasteiger partial charge in [0.15, 0.2) is 0 Å². The highest BCUT2D eigenvalue weighted by Crippen LogP contribution is 2.27. The number of nitrogen functional groups attached to an aromatic ring is 1. The molecule has 2 rings (SSSR count). The lowest BCUT2D eigenvalue weighted by molar-refractivity contribution is 1.45. The quantitative estimate of drug-likeness (QED) is 0.501. The number of hydrogen-bond acceptors (Lipinski definition) is 2. The number of rotatable bonds is 2. The highest BCUT2D eigenvalue weighted by atomic mass is 35.5. The Morgan fingerprint density at radius 3 is 2.39 bits per heavy atom. The maximum absolute atomic E-state index is 5.91. The molecular weight excluding hydrogens is 269 g/mol. The van der Waals surface area contributed by atoms with Crippen molar-refractivity contribution >= 4 is 40.4 Å². The topological polar surface area (TPSA) is 64.4 Å². The van der Waals surface area contributed by atoms with Gasteiger partial charge in [0.2, 0.25) is 0 Å². The van der Waals surface area contributed by atoms with E-state index in [-0.39, 0.29) is 0 Å². The van der Waals surface area contributed by atoms with Crippen LogP contribution in [-0.4, -0.2) is 5.84 Å². The van der Waals surface area contributed by atoms with Crippen LogP contribution in [0.3, 0.4) is 0 Å². The van der Waals surface area contributed by atoms with Gasteiger partial charge in [-0.05, 0) is 30.3 Å². The lowest BCUT2D eigenvalue weighted by Gasteiger charge is -2.05. The Kier molecular flexibility index (Phi) is 3.75. The Hall–Kier alpha value is -1.71. The van der Waals surface area contributed by atoms with E-state index >= 15 is 0 Å². The van der Waals surface area contributed by atoms with Gasteiger partial charge < -0.3 is 11.5 Å². The molecule has 2 aromatic carbocycles. The predicted octanol–water partition coefficient (Wildman–Crippen LogP) is 3.61. The molecule has 0 aliphatic carbocycles. The van der Waals surface area contributed by atoms with Gasteiger partial charge >= 0.3 is 0 Å². The van der Waals surface area contributed by atoms with E-state index < -0.39 is 0 Å². The first-order valence-corrected chi connectivity index (χ1v) is 5.97. The van der Waals surface area contributed by atoms with Crippen LogP contribution in [0.4, 0.5) is 11.4 Å². The van der Waals surface area contributed by atoms with Crippen LogP contribution in [-0.2, 0) is 0 Å². The van der Waals surface area contributed by atoms with E-state index in [9.17, 15) is 0 Å². The van der Waals surface area contributed by atoms with Crippen molar-refractivity contribution in [2.75, 3.05) is 5.73 Å². The Labute approximate surface area is 115 Å². The summed E-state index contributed by atoms with van der Waals surface area (Å²) in [6.45, 7) is 0. The molecule has 0 saturated heterocycles. The SMILES string of the molecule is NC(=Nc1ccc(Cl)c(Cl)c1)c1ccccc1N. The zero-order chi connectivity index (χ0) is 13.1. The third kappa shape index (κ3) is 2.75. The highest BCUT2D eigenvalue weighted by Gasteiger charge is 2.04. The zero-order valence-electron chi connectivity index (χ0n) is 9.40. The maximum atomic E-state index is 5.91. The first-order chi connectivity index (χ1) is 8.58. The number of nitrogens with two attached hydrogens (primary N) is 2. The largest absolute Gasteiger partial charge is 0.398 e. The molecule has 92 valence electrons. The lowest BCUT2D eigenvalue weighted by Crippen LogP contribution is -2.14. The van der Waals surface area contributed by atoms with Crippen LogP contribution in [0.1, 0.15) is 5.56 Å². The van der Waals surface area contributed by atoms with Crippen LogP contribution < -0.4 is 11.5 Å². The smallest absolute Gasteiger partial charge is 0.133 e. The van der Waals surface area contributed by atoms with Crippen molar-refractivity contribution in [2.24, 2.45) is 10.7 Å². The van der Waals surface area contributed by atoms with E-state index in [1.165, 1.54) is 0 Å². The molecule has 4 N–H and O–H groups in total. The number of benzene rings is 2. The Bertz CT molecular complexity index is 609. The summed E-state index contributed by atoms with van der Waals surface area (Å²) >= 11 is 11.7. The van der Waals surface area contributed by atoms with Crippen molar-refractivity contribution < 1.29 is 0 Å². The molecule has 0 aliphatic heterocycles. The fourth-order valence-electron chi connectivity index (χ4n) is 1.48. The molecule has 0 bridgehead atoms. The molecule has 5 heteroatoms. The van der Waals surface area contributed by atoms with Gasteiger partial charge in [-0.3, -0.25) is 0 Å². The number of halogens is 2. The Balaban J connectivity index is 2.39. The van der Waals surface area contributed by atoms with Crippen LogP contribution in [0.5, 0.6) is 0 Å². The number of amidine groups is 1. The predicted molar refractivity (Wildman–Crippen MR) is 77.7 cm³/mol. The summed E-state index contributed by atoms with van der Waals surface area (Å²) in [5.41, 5.74) is 13.6. The third-order valence-corrected chi connectivity index (χ3v) is 3.13. The summed E-state index contributed by atoms with van der Waals surface area (Å²) < 4.78 is 0. The van der Waals surface area contributed by atoms with E-state index in [1.807, 2.05) is 18.2 Å². The van der Waals surface area contributed by atoms with Gasteiger partial charge in [0.1, 0.15) is 5.84 Å². The van der Waals surface area contributed by atoms with Crippen LogP contribution in [0.25, 0.3) is 0 Å². The molecule has 0 unspecified atom stereocenters. The van der Waals surface area contributed by atoms with E-state index in [4.69, 9.17) is 34.7 Å². The molecule has 0 fully saturated rings. The van der Waals surface area contributed by atoms with E-state index in [2.05, 4.69) is 4.99 Å². The molecule has 0 radical (unpaired) electrons. The van der Waals surface area contributed by atoms with Crippen LogP contribution in [0.15, 0.2) is 47.5 Å². The lowest BCUT2D eigenvalue weighted by atomic mass is 10.1. The average Bonchev–Trinajstić information content (AvgIpc) is 2.34. The van der Waals surface area contributed by atoms with Gasteiger partial charge in [-0.25, -0.2) is 4.99 Å². The number of hydrogen-bond donors (Lipinski definition) is 2. The van der Waals surface area contributed by atoms with Gasteiger partial charge in [-0.2, -0.15) is 0 Å². The second-order valence-corrected chi connectivity index (χ2v) is 4.50. The fourth-order valence-corrected chi connectivity index (χ4v) is 1.78. The molecule has 0 heterocycles. The minimum absolute atomic E-state index is 0.339. The summed E-state index contributed by atoms with van der Waals surface area (Å²) in [5, 5.41) is 0.917. The normalized spacial score (nSPS) is 11.6. The fraction of sp³-hybridized carbons (Fsp3) is 0. The molecular formula is C13H11Cl2N3. The van der Waals surface area contributed by atoms with E-state index in [1.54, 1.807) is 24.3 Å². The monoisotopic (exact) mass is 279 g/mol. The summed E-state index contributed by atoms with van der Waals surface area (Å²) in [7, 11) is 0. The molecule has 0 aromatic heterocycles. The summed E-state index contributed by atoms with van der Waals surface area (Å²) in [6, 6.07) is 12.3. The number of para-hydroxylation sites is 1. The molecule has 18 heavy (non-hydrogen) atoms. The Morgan fingerprint density at radius 1 is 1.00 bits per heavy atom. The molecule has 2 aromatic rings. The molecule has 0 aliphatic rings. The van der Waals surface area contributed by atoms with Crippen molar-refractivity contribution in [2.45, 2.75) is 0 Å². The molecule has 0 saturated carbocycles. The minimum atomic E-state index is 0.339. The van der Waals surface area contributed by atoms with Crippen molar-refractivity contribution in [3.8, 4) is 0 Å². The minimum Gasteiger partial charge on any atom is -0.398 e. The average molecular weight is 280 g/mol. The molecule has 3 nitrogen and oxygen atoms in total. The van der Waals surface area contributed by atoms with Gasteiger partial charge in [0.05, 0.1) is 15.7 Å². The van der Waals surface area contributed by atoms with Crippen molar-refractivity contribution in [3.05, 3.63) is 58.1 Å². The van der Waals surface area contributed by atoms with Crippen molar-refractivity contribution in [1.82, 2.24) is 0 Å².